The number of nitrogens with zero attached hydrogens (tertiary/aromatic N) is 2. The molecular weight excluding hydrogens is 422 g/mol. The van der Waals surface area contributed by atoms with Crippen molar-refractivity contribution in [1.82, 2.24) is 4.57 Å². The maximum atomic E-state index is 12.4. The Labute approximate surface area is 181 Å². The van der Waals surface area contributed by atoms with Crippen LogP contribution in [0.5, 0.6) is 5.75 Å². The summed E-state index contributed by atoms with van der Waals surface area (Å²) in [6.07, 6.45) is 2.17. The fourth-order valence-corrected chi connectivity index (χ4v) is 4.62. The van der Waals surface area contributed by atoms with Crippen LogP contribution in [0.1, 0.15) is 12.8 Å². The molecule has 3 heterocycles. The maximum absolute atomic E-state index is 12.4. The van der Waals surface area contributed by atoms with Crippen LogP contribution in [0.25, 0.3) is 22.4 Å². The number of furan rings is 1. The van der Waals surface area contributed by atoms with E-state index in [1.165, 1.54) is 23.5 Å². The second-order valence-corrected chi connectivity index (χ2v) is 8.12. The summed E-state index contributed by atoms with van der Waals surface area (Å²) in [7, 11) is 0. The Kier molecular flexibility index (Phi) is 5.57. The van der Waals surface area contributed by atoms with Gasteiger partial charge in [-0.3, -0.25) is 0 Å². The molecule has 5 nitrogen and oxygen atoms in total. The molecule has 0 saturated carbocycles. The van der Waals surface area contributed by atoms with Crippen LogP contribution in [-0.2, 0) is 11.3 Å². The summed E-state index contributed by atoms with van der Waals surface area (Å²) in [5, 5.41) is 3.07. The first-order valence-corrected chi connectivity index (χ1v) is 10.9. The van der Waals surface area contributed by atoms with Crippen LogP contribution in [0, 0.1) is 0 Å². The van der Waals surface area contributed by atoms with E-state index >= 15 is 0 Å². The highest BCUT2D eigenvalue weighted by Gasteiger charge is 2.20. The fraction of sp³-hybridized carbons (Fsp3) is 0.261. The molecule has 2 aromatic carbocycles. The van der Waals surface area contributed by atoms with E-state index in [4.69, 9.17) is 14.1 Å². The summed E-state index contributed by atoms with van der Waals surface area (Å²) in [6.45, 7) is -1.41. The van der Waals surface area contributed by atoms with Crippen LogP contribution in [0.4, 0.5) is 14.5 Å². The molecular formula is C23H20F2N2O3S. The summed E-state index contributed by atoms with van der Waals surface area (Å²) in [4.78, 5) is 5.53. The second-order valence-electron chi connectivity index (χ2n) is 7.28. The van der Waals surface area contributed by atoms with E-state index in [1.807, 2.05) is 35.7 Å². The first kappa shape index (κ1) is 20.0. The standard InChI is InChI=1S/C23H20F2N2O3S/c24-22(25)29-17-9-7-16(8-10-17)26-23-27(13-18-5-3-11-28-18)19(14-31-23)21-12-15-4-1-2-6-20(15)30-21/h1-2,4,6-10,12,14,18,22H,3,5,11,13H2. The monoisotopic (exact) mass is 442 g/mol. The molecule has 0 amide bonds. The van der Waals surface area contributed by atoms with Crippen LogP contribution in [0.3, 0.4) is 0 Å². The van der Waals surface area contributed by atoms with Gasteiger partial charge in [-0.05, 0) is 49.2 Å². The van der Waals surface area contributed by atoms with Gasteiger partial charge in [0, 0.05) is 17.4 Å². The molecule has 0 aliphatic carbocycles. The molecule has 5 rings (SSSR count). The van der Waals surface area contributed by atoms with Gasteiger partial charge < -0.3 is 18.5 Å². The molecule has 0 spiro atoms. The second kappa shape index (κ2) is 8.64. The molecule has 8 heteroatoms. The van der Waals surface area contributed by atoms with Crippen molar-refractivity contribution >= 4 is 28.0 Å². The number of alkyl halides is 2. The van der Waals surface area contributed by atoms with Gasteiger partial charge in [0.25, 0.3) is 0 Å². The Morgan fingerprint density at radius 1 is 1.16 bits per heavy atom. The number of halogens is 2. The van der Waals surface area contributed by atoms with Crippen LogP contribution in [-0.4, -0.2) is 23.9 Å². The Balaban J connectivity index is 1.54. The molecule has 1 fully saturated rings. The summed E-state index contributed by atoms with van der Waals surface area (Å²) in [5.74, 6) is 0.882. The zero-order valence-corrected chi connectivity index (χ0v) is 17.4. The van der Waals surface area contributed by atoms with Gasteiger partial charge in [0.15, 0.2) is 10.6 Å². The first-order chi connectivity index (χ1) is 15.2. The smallest absolute Gasteiger partial charge is 0.387 e. The van der Waals surface area contributed by atoms with Crippen molar-refractivity contribution in [2.75, 3.05) is 6.61 Å². The van der Waals surface area contributed by atoms with Gasteiger partial charge in [-0.25, -0.2) is 4.99 Å². The van der Waals surface area contributed by atoms with Gasteiger partial charge in [0.05, 0.1) is 24.0 Å². The van der Waals surface area contributed by atoms with Crippen LogP contribution in [0.2, 0.25) is 0 Å². The number of hydrogen-bond acceptors (Lipinski definition) is 5. The predicted octanol–water partition coefficient (Wildman–Crippen LogP) is 5.98. The molecule has 1 atom stereocenters. The van der Waals surface area contributed by atoms with Gasteiger partial charge in [0.1, 0.15) is 11.3 Å². The van der Waals surface area contributed by atoms with Gasteiger partial charge in [-0.2, -0.15) is 8.78 Å². The lowest BCUT2D eigenvalue weighted by atomic mass is 10.2. The number of hydrogen-bond donors (Lipinski definition) is 0. The predicted molar refractivity (Wildman–Crippen MR) is 115 cm³/mol. The Bertz CT molecular complexity index is 1200. The zero-order valence-electron chi connectivity index (χ0n) is 16.5. The first-order valence-electron chi connectivity index (χ1n) is 10.0. The lowest BCUT2D eigenvalue weighted by Crippen LogP contribution is -2.23. The van der Waals surface area contributed by atoms with E-state index in [0.717, 1.165) is 46.7 Å². The number of aromatic nitrogens is 1. The average molecular weight is 442 g/mol. The summed E-state index contributed by atoms with van der Waals surface area (Å²) in [6, 6.07) is 16.2. The van der Waals surface area contributed by atoms with Crippen molar-refractivity contribution in [2.24, 2.45) is 4.99 Å². The number of benzene rings is 2. The van der Waals surface area contributed by atoms with Crippen LogP contribution < -0.4 is 9.54 Å². The van der Waals surface area contributed by atoms with E-state index in [2.05, 4.69) is 9.30 Å². The van der Waals surface area contributed by atoms with Crippen molar-refractivity contribution in [3.8, 4) is 17.2 Å². The molecule has 1 unspecified atom stereocenters. The average Bonchev–Trinajstić information content (AvgIpc) is 3.50. The maximum Gasteiger partial charge on any atom is 0.387 e. The minimum Gasteiger partial charge on any atom is -0.454 e. The van der Waals surface area contributed by atoms with Crippen LogP contribution in [0.15, 0.2) is 69.4 Å². The number of rotatable bonds is 6. The van der Waals surface area contributed by atoms with E-state index in [0.29, 0.717) is 12.2 Å². The van der Waals surface area contributed by atoms with Crippen molar-refractivity contribution in [3.05, 3.63) is 64.8 Å². The topological polar surface area (TPSA) is 48.9 Å². The molecule has 2 aromatic heterocycles. The lowest BCUT2D eigenvalue weighted by Gasteiger charge is -2.13. The third-order valence-electron chi connectivity index (χ3n) is 5.17. The molecule has 4 aromatic rings. The molecule has 0 bridgehead atoms. The van der Waals surface area contributed by atoms with Crippen molar-refractivity contribution in [2.45, 2.75) is 32.1 Å². The molecule has 0 radical (unpaired) electrons. The molecule has 1 aliphatic heterocycles. The molecule has 1 saturated heterocycles. The zero-order chi connectivity index (χ0) is 21.2. The van der Waals surface area contributed by atoms with Gasteiger partial charge in [-0.15, -0.1) is 11.3 Å². The summed E-state index contributed by atoms with van der Waals surface area (Å²) >= 11 is 1.50. The Morgan fingerprint density at radius 2 is 2.00 bits per heavy atom. The number of thiazole rings is 1. The fourth-order valence-electron chi connectivity index (χ4n) is 3.71. The van der Waals surface area contributed by atoms with E-state index in [9.17, 15) is 8.78 Å². The molecule has 160 valence electrons. The van der Waals surface area contributed by atoms with E-state index < -0.39 is 6.61 Å². The highest BCUT2D eigenvalue weighted by Crippen LogP contribution is 2.29. The normalized spacial score (nSPS) is 17.1. The van der Waals surface area contributed by atoms with Gasteiger partial charge in [-0.1, -0.05) is 18.2 Å². The van der Waals surface area contributed by atoms with Crippen molar-refractivity contribution in [1.29, 1.82) is 0 Å². The minimum atomic E-state index is -2.85. The van der Waals surface area contributed by atoms with E-state index in [-0.39, 0.29) is 11.9 Å². The van der Waals surface area contributed by atoms with Gasteiger partial charge >= 0.3 is 6.61 Å². The number of ether oxygens (including phenoxy) is 2. The highest BCUT2D eigenvalue weighted by atomic mass is 32.1. The van der Waals surface area contributed by atoms with Crippen molar-refractivity contribution in [3.63, 3.8) is 0 Å². The Morgan fingerprint density at radius 3 is 2.74 bits per heavy atom. The quantitative estimate of drug-likeness (QED) is 0.369. The summed E-state index contributed by atoms with van der Waals surface area (Å²) < 4.78 is 43.3. The van der Waals surface area contributed by atoms with Gasteiger partial charge in [0.2, 0.25) is 0 Å². The largest absolute Gasteiger partial charge is 0.454 e. The van der Waals surface area contributed by atoms with Crippen LogP contribution >= 0.6 is 11.3 Å². The minimum absolute atomic E-state index is 0.107. The molecule has 0 N–H and O–H groups in total. The SMILES string of the molecule is FC(F)Oc1ccc(N=c2scc(-c3cc4ccccc4o3)n2CC2CCCO2)cc1. The third kappa shape index (κ3) is 4.40. The number of fused-ring (bicyclic) bond motifs is 1. The highest BCUT2D eigenvalue weighted by molar-refractivity contribution is 7.07. The third-order valence-corrected chi connectivity index (χ3v) is 6.04. The Hall–Kier alpha value is -2.97. The van der Waals surface area contributed by atoms with Crippen molar-refractivity contribution < 1.29 is 22.7 Å². The summed E-state index contributed by atoms with van der Waals surface area (Å²) in [5.41, 5.74) is 2.43. The van der Waals surface area contributed by atoms with E-state index in [1.54, 1.807) is 12.1 Å². The molecule has 1 aliphatic rings. The molecule has 31 heavy (non-hydrogen) atoms. The number of para-hydroxylation sites is 1. The lowest BCUT2D eigenvalue weighted by molar-refractivity contribution is -0.0498.